The van der Waals surface area contributed by atoms with Gasteiger partial charge in [-0.15, -0.1) is 0 Å². The van der Waals surface area contributed by atoms with Crippen LogP contribution in [0.2, 0.25) is 0 Å². The van der Waals surface area contributed by atoms with Crippen molar-refractivity contribution in [1.82, 2.24) is 0 Å². The van der Waals surface area contributed by atoms with Gasteiger partial charge < -0.3 is 4.90 Å². The normalized spacial score (nSPS) is 11.4. The summed E-state index contributed by atoms with van der Waals surface area (Å²) in [5, 5.41) is 10.1. The smallest absolute Gasteiger partial charge is 0.0540 e. The summed E-state index contributed by atoms with van der Waals surface area (Å²) in [6.45, 7) is 0. The molecule has 0 aliphatic rings. The van der Waals surface area contributed by atoms with Crippen LogP contribution in [0.15, 0.2) is 164 Å². The predicted molar refractivity (Wildman–Crippen MR) is 177 cm³/mol. The maximum absolute atomic E-state index is 2.40. The fourth-order valence-corrected chi connectivity index (χ4v) is 6.21. The summed E-state index contributed by atoms with van der Waals surface area (Å²) >= 11 is 0. The van der Waals surface area contributed by atoms with Gasteiger partial charge in [0.05, 0.1) is 11.4 Å². The van der Waals surface area contributed by atoms with Crippen molar-refractivity contribution in [2.75, 3.05) is 4.90 Å². The van der Waals surface area contributed by atoms with Gasteiger partial charge in [0.1, 0.15) is 0 Å². The van der Waals surface area contributed by atoms with E-state index in [-0.39, 0.29) is 0 Å². The number of hydrogen-bond acceptors (Lipinski definition) is 1. The van der Waals surface area contributed by atoms with E-state index in [1.165, 1.54) is 65.6 Å². The van der Waals surface area contributed by atoms with Gasteiger partial charge in [0.2, 0.25) is 0 Å². The first kappa shape index (κ1) is 23.5. The number of anilines is 3. The van der Waals surface area contributed by atoms with Crippen LogP contribution in [0.1, 0.15) is 0 Å². The second-order valence-corrected chi connectivity index (χ2v) is 10.6. The molecule has 41 heavy (non-hydrogen) atoms. The zero-order chi connectivity index (χ0) is 27.2. The monoisotopic (exact) mass is 521 g/mol. The van der Waals surface area contributed by atoms with Gasteiger partial charge in [0.15, 0.2) is 0 Å². The predicted octanol–water partition coefficient (Wildman–Crippen LogP) is 11.4. The molecule has 1 nitrogen and oxygen atoms in total. The first-order valence-corrected chi connectivity index (χ1v) is 14.1. The highest BCUT2D eigenvalue weighted by atomic mass is 15.1. The Hall–Kier alpha value is -5.40. The summed E-state index contributed by atoms with van der Waals surface area (Å²) in [7, 11) is 0. The molecule has 192 valence electrons. The minimum atomic E-state index is 1.13. The maximum atomic E-state index is 2.40. The molecule has 0 aliphatic carbocycles. The Kier molecular flexibility index (Phi) is 5.53. The third-order valence-electron chi connectivity index (χ3n) is 8.22. The van der Waals surface area contributed by atoms with Crippen molar-refractivity contribution in [3.63, 3.8) is 0 Å². The Morgan fingerprint density at radius 3 is 1.39 bits per heavy atom. The lowest BCUT2D eigenvalue weighted by Gasteiger charge is -2.28. The highest BCUT2D eigenvalue weighted by Crippen LogP contribution is 2.42. The van der Waals surface area contributed by atoms with Crippen molar-refractivity contribution < 1.29 is 0 Å². The third-order valence-corrected chi connectivity index (χ3v) is 8.22. The Bertz CT molecular complexity index is 2120. The number of nitrogens with zero attached hydrogens (tertiary/aromatic N) is 1. The van der Waals surface area contributed by atoms with E-state index in [0.717, 1.165) is 5.69 Å². The van der Waals surface area contributed by atoms with Crippen molar-refractivity contribution in [2.24, 2.45) is 0 Å². The van der Waals surface area contributed by atoms with Crippen LogP contribution in [0.3, 0.4) is 0 Å². The zero-order valence-electron chi connectivity index (χ0n) is 22.5. The summed E-state index contributed by atoms with van der Waals surface area (Å²) in [5.74, 6) is 0. The largest absolute Gasteiger partial charge is 0.309 e. The lowest BCUT2D eigenvalue weighted by Crippen LogP contribution is -2.11. The molecule has 8 aromatic rings. The average Bonchev–Trinajstić information content (AvgIpc) is 3.05. The fraction of sp³-hybridized carbons (Fsp3) is 0. The van der Waals surface area contributed by atoms with Crippen LogP contribution in [-0.2, 0) is 0 Å². The topological polar surface area (TPSA) is 3.24 Å². The Morgan fingerprint density at radius 1 is 0.293 bits per heavy atom. The van der Waals surface area contributed by atoms with Crippen molar-refractivity contribution in [2.45, 2.75) is 0 Å². The average molecular weight is 522 g/mol. The first-order valence-electron chi connectivity index (χ1n) is 14.1. The molecule has 0 N–H and O–H groups in total. The molecule has 0 spiro atoms. The van der Waals surface area contributed by atoms with E-state index < -0.39 is 0 Å². The molecule has 0 atom stereocenters. The molecule has 0 aromatic heterocycles. The molecule has 1 heteroatoms. The molecule has 0 amide bonds. The molecular weight excluding hydrogens is 494 g/mol. The molecule has 0 radical (unpaired) electrons. The molecule has 0 saturated heterocycles. The van der Waals surface area contributed by atoms with E-state index >= 15 is 0 Å². The van der Waals surface area contributed by atoms with Gasteiger partial charge in [-0.3, -0.25) is 0 Å². The number of fused-ring (bicyclic) bond motifs is 5. The van der Waals surface area contributed by atoms with Crippen LogP contribution < -0.4 is 4.90 Å². The van der Waals surface area contributed by atoms with E-state index in [9.17, 15) is 0 Å². The van der Waals surface area contributed by atoms with Crippen LogP contribution in [-0.4, -0.2) is 0 Å². The number of rotatable bonds is 4. The van der Waals surface area contributed by atoms with Crippen LogP contribution in [0, 0.1) is 0 Å². The highest BCUT2D eigenvalue weighted by Gasteiger charge is 2.17. The van der Waals surface area contributed by atoms with E-state index in [1.54, 1.807) is 0 Å². The third kappa shape index (κ3) is 4.02. The number of hydrogen-bond donors (Lipinski definition) is 0. The fourth-order valence-electron chi connectivity index (χ4n) is 6.21. The van der Waals surface area contributed by atoms with Gasteiger partial charge in [-0.05, 0) is 73.8 Å². The quantitative estimate of drug-likeness (QED) is 0.208. The zero-order valence-corrected chi connectivity index (χ0v) is 22.5. The van der Waals surface area contributed by atoms with Gasteiger partial charge >= 0.3 is 0 Å². The van der Waals surface area contributed by atoms with Gasteiger partial charge in [-0.2, -0.15) is 0 Å². The summed E-state index contributed by atoms with van der Waals surface area (Å²) in [6.07, 6.45) is 0. The van der Waals surface area contributed by atoms with Crippen LogP contribution in [0.4, 0.5) is 17.1 Å². The standard InChI is InChI=1S/C40H27N/c1-4-14-35-31(11-1)19-20-33-27-32(23-26-36(33)35)28-21-24-34(25-22-28)41(39-17-7-12-29-9-2-5-15-37(29)39)40-18-8-13-30-10-3-6-16-38(30)40/h1-27H. The molecule has 8 aromatic carbocycles. The lowest BCUT2D eigenvalue weighted by atomic mass is 9.97. The Labute approximate surface area is 239 Å². The SMILES string of the molecule is c1ccc2c(N(c3ccc(-c4ccc5c(ccc6ccccc65)c4)cc3)c3cccc4ccccc34)cccc2c1. The number of benzene rings is 8. The summed E-state index contributed by atoms with van der Waals surface area (Å²) in [4.78, 5) is 2.40. The summed E-state index contributed by atoms with van der Waals surface area (Å²) in [5.41, 5.74) is 5.91. The van der Waals surface area contributed by atoms with Crippen molar-refractivity contribution in [3.8, 4) is 11.1 Å². The molecule has 0 fully saturated rings. The van der Waals surface area contributed by atoms with Gasteiger partial charge in [0.25, 0.3) is 0 Å². The minimum absolute atomic E-state index is 1.13. The van der Waals surface area contributed by atoms with Gasteiger partial charge in [-0.1, -0.05) is 133 Å². The molecule has 0 unspecified atom stereocenters. The van der Waals surface area contributed by atoms with Crippen LogP contribution >= 0.6 is 0 Å². The first-order chi connectivity index (χ1) is 20.3. The second kappa shape index (κ2) is 9.66. The van der Waals surface area contributed by atoms with E-state index in [0.29, 0.717) is 0 Å². The van der Waals surface area contributed by atoms with Crippen LogP contribution in [0.25, 0.3) is 54.2 Å². The minimum Gasteiger partial charge on any atom is -0.309 e. The van der Waals surface area contributed by atoms with Crippen molar-refractivity contribution >= 4 is 60.2 Å². The van der Waals surface area contributed by atoms with E-state index in [1.807, 2.05) is 0 Å². The van der Waals surface area contributed by atoms with Crippen LogP contribution in [0.5, 0.6) is 0 Å². The molecule has 8 rings (SSSR count). The Morgan fingerprint density at radius 2 is 0.756 bits per heavy atom. The van der Waals surface area contributed by atoms with Crippen molar-refractivity contribution in [3.05, 3.63) is 164 Å². The lowest BCUT2D eigenvalue weighted by molar-refractivity contribution is 1.31. The molecule has 0 aliphatic heterocycles. The molecule has 0 heterocycles. The maximum Gasteiger partial charge on any atom is 0.0540 e. The summed E-state index contributed by atoms with van der Waals surface area (Å²) < 4.78 is 0. The van der Waals surface area contributed by atoms with Crippen molar-refractivity contribution in [1.29, 1.82) is 0 Å². The molecule has 0 saturated carbocycles. The van der Waals surface area contributed by atoms with E-state index in [2.05, 4.69) is 169 Å². The highest BCUT2D eigenvalue weighted by molar-refractivity contribution is 6.08. The molecule has 0 bridgehead atoms. The second-order valence-electron chi connectivity index (χ2n) is 10.6. The van der Waals surface area contributed by atoms with Gasteiger partial charge in [-0.25, -0.2) is 0 Å². The summed E-state index contributed by atoms with van der Waals surface area (Å²) in [6, 6.07) is 59.3. The Balaban J connectivity index is 1.27. The molecular formula is C40H27N. The van der Waals surface area contributed by atoms with E-state index in [4.69, 9.17) is 0 Å². The van der Waals surface area contributed by atoms with Gasteiger partial charge in [0, 0.05) is 16.5 Å².